The first-order valence-electron chi connectivity index (χ1n) is 5.42. The van der Waals surface area contributed by atoms with Crippen LogP contribution in [0.25, 0.3) is 0 Å². The van der Waals surface area contributed by atoms with E-state index in [4.69, 9.17) is 9.84 Å². The summed E-state index contributed by atoms with van der Waals surface area (Å²) in [4.78, 5) is 10.9. The van der Waals surface area contributed by atoms with Crippen molar-refractivity contribution in [2.75, 3.05) is 13.2 Å². The lowest BCUT2D eigenvalue weighted by Gasteiger charge is -2.17. The Morgan fingerprint density at radius 2 is 2.38 bits per heavy atom. The molecular weight excluding hydrogens is 206 g/mol. The zero-order chi connectivity index (χ0) is 11.4. The largest absolute Gasteiger partial charge is 0.493 e. The fourth-order valence-corrected chi connectivity index (χ4v) is 1.78. The van der Waals surface area contributed by atoms with Crippen molar-refractivity contribution >= 4 is 5.91 Å². The zero-order valence-electron chi connectivity index (χ0n) is 9.03. The van der Waals surface area contributed by atoms with Crippen LogP contribution in [0.2, 0.25) is 0 Å². The van der Waals surface area contributed by atoms with Crippen LogP contribution in [0.15, 0.2) is 18.2 Å². The predicted molar refractivity (Wildman–Crippen MR) is 59.2 cm³/mol. The fraction of sp³-hybridized carbons (Fsp3) is 0.417. The van der Waals surface area contributed by atoms with Crippen LogP contribution in [0.5, 0.6) is 5.75 Å². The summed E-state index contributed by atoms with van der Waals surface area (Å²) in [5.74, 6) is 0.595. The van der Waals surface area contributed by atoms with Crippen LogP contribution in [0.4, 0.5) is 0 Å². The number of fused-ring (bicyclic) bond motifs is 1. The van der Waals surface area contributed by atoms with Gasteiger partial charge in [0.2, 0.25) is 5.91 Å². The number of aryl methyl sites for hydroxylation is 1. The van der Waals surface area contributed by atoms with Gasteiger partial charge in [-0.2, -0.15) is 0 Å². The maximum atomic E-state index is 10.9. The molecule has 0 unspecified atom stereocenters. The van der Waals surface area contributed by atoms with Gasteiger partial charge < -0.3 is 15.2 Å². The van der Waals surface area contributed by atoms with Crippen LogP contribution in [0.1, 0.15) is 17.5 Å². The Bertz CT molecular complexity index is 390. The molecular formula is C12H15NO3. The fourth-order valence-electron chi connectivity index (χ4n) is 1.78. The molecule has 0 aromatic heterocycles. The molecule has 0 spiro atoms. The van der Waals surface area contributed by atoms with E-state index >= 15 is 0 Å². The maximum Gasteiger partial charge on any atom is 0.245 e. The smallest absolute Gasteiger partial charge is 0.245 e. The van der Waals surface area contributed by atoms with Crippen molar-refractivity contribution in [1.82, 2.24) is 5.32 Å². The van der Waals surface area contributed by atoms with Gasteiger partial charge >= 0.3 is 0 Å². The Labute approximate surface area is 94.2 Å². The van der Waals surface area contributed by atoms with E-state index in [0.717, 1.165) is 30.8 Å². The summed E-state index contributed by atoms with van der Waals surface area (Å²) in [6.45, 7) is 0.772. The van der Waals surface area contributed by atoms with E-state index in [0.29, 0.717) is 6.54 Å². The minimum atomic E-state index is -0.464. The van der Waals surface area contributed by atoms with Crippen LogP contribution in [-0.4, -0.2) is 24.2 Å². The van der Waals surface area contributed by atoms with Gasteiger partial charge in [0, 0.05) is 6.54 Å². The van der Waals surface area contributed by atoms with Gasteiger partial charge in [-0.05, 0) is 30.0 Å². The summed E-state index contributed by atoms with van der Waals surface area (Å²) in [5.41, 5.74) is 2.23. The number of amides is 1. The van der Waals surface area contributed by atoms with E-state index in [1.54, 1.807) is 0 Å². The lowest BCUT2D eigenvalue weighted by atomic mass is 10.0. The van der Waals surface area contributed by atoms with Gasteiger partial charge in [0.05, 0.1) is 6.61 Å². The van der Waals surface area contributed by atoms with Gasteiger partial charge in [0.1, 0.15) is 12.4 Å². The molecule has 1 aromatic carbocycles. The number of carbonyl (C=O) groups is 1. The number of nitrogens with one attached hydrogen (secondary N) is 1. The van der Waals surface area contributed by atoms with Gasteiger partial charge in [-0.3, -0.25) is 4.79 Å². The molecule has 86 valence electrons. The summed E-state index contributed by atoms with van der Waals surface area (Å²) in [6, 6.07) is 5.92. The van der Waals surface area contributed by atoms with Crippen molar-refractivity contribution in [3.05, 3.63) is 29.3 Å². The average Bonchev–Trinajstić information content (AvgIpc) is 2.35. The highest BCUT2D eigenvalue weighted by Crippen LogP contribution is 2.25. The molecule has 2 rings (SSSR count). The molecule has 0 aliphatic carbocycles. The van der Waals surface area contributed by atoms with E-state index < -0.39 is 6.61 Å². The Morgan fingerprint density at radius 1 is 1.50 bits per heavy atom. The first-order valence-corrected chi connectivity index (χ1v) is 5.42. The summed E-state index contributed by atoms with van der Waals surface area (Å²) in [7, 11) is 0. The highest BCUT2D eigenvalue weighted by atomic mass is 16.5. The highest BCUT2D eigenvalue weighted by molar-refractivity contribution is 5.76. The maximum absolute atomic E-state index is 10.9. The Morgan fingerprint density at radius 3 is 3.19 bits per heavy atom. The van der Waals surface area contributed by atoms with Gasteiger partial charge in [-0.1, -0.05) is 12.1 Å². The van der Waals surface area contributed by atoms with Crippen LogP contribution in [0.3, 0.4) is 0 Å². The number of carbonyl (C=O) groups excluding carboxylic acids is 1. The topological polar surface area (TPSA) is 58.6 Å². The van der Waals surface area contributed by atoms with Crippen molar-refractivity contribution in [3.8, 4) is 5.75 Å². The van der Waals surface area contributed by atoms with Crippen molar-refractivity contribution in [2.45, 2.75) is 19.4 Å². The molecule has 16 heavy (non-hydrogen) atoms. The molecule has 0 radical (unpaired) electrons. The first kappa shape index (κ1) is 11.0. The molecule has 1 aliphatic heterocycles. The zero-order valence-corrected chi connectivity index (χ0v) is 9.03. The Kier molecular flexibility index (Phi) is 3.41. The minimum absolute atomic E-state index is 0.353. The molecule has 1 aromatic rings. The van der Waals surface area contributed by atoms with E-state index in [-0.39, 0.29) is 5.91 Å². The standard InChI is InChI=1S/C12H15NO3/c14-8-12(15)13-7-9-3-4-11-10(6-9)2-1-5-16-11/h3-4,6,14H,1-2,5,7-8H2,(H,13,15). The average molecular weight is 221 g/mol. The summed E-state index contributed by atoms with van der Waals surface area (Å²) < 4.78 is 5.50. The lowest BCUT2D eigenvalue weighted by molar-refractivity contribution is -0.123. The summed E-state index contributed by atoms with van der Waals surface area (Å²) >= 11 is 0. The Hall–Kier alpha value is -1.55. The minimum Gasteiger partial charge on any atom is -0.493 e. The second-order valence-electron chi connectivity index (χ2n) is 3.83. The number of ether oxygens (including phenoxy) is 1. The molecule has 4 heteroatoms. The third-order valence-corrected chi connectivity index (χ3v) is 2.61. The molecule has 0 saturated heterocycles. The van der Waals surface area contributed by atoms with Crippen molar-refractivity contribution < 1.29 is 14.6 Å². The third-order valence-electron chi connectivity index (χ3n) is 2.61. The SMILES string of the molecule is O=C(CO)NCc1ccc2c(c1)CCCO2. The van der Waals surface area contributed by atoms with Crippen molar-refractivity contribution in [3.63, 3.8) is 0 Å². The number of aliphatic hydroxyl groups is 1. The molecule has 0 bridgehead atoms. The lowest BCUT2D eigenvalue weighted by Crippen LogP contribution is -2.25. The van der Waals surface area contributed by atoms with E-state index in [1.807, 2.05) is 18.2 Å². The van der Waals surface area contributed by atoms with E-state index in [2.05, 4.69) is 5.32 Å². The van der Waals surface area contributed by atoms with Gasteiger partial charge in [-0.25, -0.2) is 0 Å². The molecule has 1 aliphatic rings. The number of hydrogen-bond donors (Lipinski definition) is 2. The predicted octanol–water partition coefficient (Wildman–Crippen LogP) is 0.620. The number of hydrogen-bond acceptors (Lipinski definition) is 3. The van der Waals surface area contributed by atoms with Crippen LogP contribution < -0.4 is 10.1 Å². The number of benzene rings is 1. The molecule has 0 fully saturated rings. The summed E-state index contributed by atoms with van der Waals surface area (Å²) in [5, 5.41) is 11.2. The van der Waals surface area contributed by atoms with Crippen LogP contribution >= 0.6 is 0 Å². The Balaban J connectivity index is 2.03. The highest BCUT2D eigenvalue weighted by Gasteiger charge is 2.10. The van der Waals surface area contributed by atoms with E-state index in [1.165, 1.54) is 5.56 Å². The second-order valence-corrected chi connectivity index (χ2v) is 3.83. The quantitative estimate of drug-likeness (QED) is 0.786. The molecule has 1 amide bonds. The van der Waals surface area contributed by atoms with Crippen molar-refractivity contribution in [2.24, 2.45) is 0 Å². The van der Waals surface area contributed by atoms with Crippen LogP contribution in [0, 0.1) is 0 Å². The first-order chi connectivity index (χ1) is 7.79. The molecule has 0 atom stereocenters. The normalized spacial score (nSPS) is 13.8. The number of aliphatic hydroxyl groups excluding tert-OH is 1. The number of rotatable bonds is 3. The summed E-state index contributed by atoms with van der Waals surface area (Å²) in [6.07, 6.45) is 2.07. The van der Waals surface area contributed by atoms with Gasteiger partial charge in [0.15, 0.2) is 0 Å². The van der Waals surface area contributed by atoms with Crippen LogP contribution in [-0.2, 0) is 17.8 Å². The second kappa shape index (κ2) is 4.99. The third kappa shape index (κ3) is 2.52. The molecule has 4 nitrogen and oxygen atoms in total. The van der Waals surface area contributed by atoms with E-state index in [9.17, 15) is 4.79 Å². The molecule has 2 N–H and O–H groups in total. The monoisotopic (exact) mass is 221 g/mol. The molecule has 0 saturated carbocycles. The molecule has 1 heterocycles. The van der Waals surface area contributed by atoms with Crippen molar-refractivity contribution in [1.29, 1.82) is 0 Å². The van der Waals surface area contributed by atoms with Gasteiger partial charge in [-0.15, -0.1) is 0 Å². The van der Waals surface area contributed by atoms with Gasteiger partial charge in [0.25, 0.3) is 0 Å².